The Morgan fingerprint density at radius 1 is 1.29 bits per heavy atom. The first kappa shape index (κ1) is 13.1. The Labute approximate surface area is 132 Å². The van der Waals surface area contributed by atoms with Gasteiger partial charge in [-0.2, -0.15) is 4.98 Å². The van der Waals surface area contributed by atoms with E-state index in [1.54, 1.807) is 0 Å². The molecule has 1 aromatic heterocycles. The van der Waals surface area contributed by atoms with Crippen LogP contribution in [0.5, 0.6) is 0 Å². The minimum absolute atomic E-state index is 0.338. The summed E-state index contributed by atoms with van der Waals surface area (Å²) in [7, 11) is 1.88. The lowest BCUT2D eigenvalue weighted by Crippen LogP contribution is -2.38. The van der Waals surface area contributed by atoms with Crippen molar-refractivity contribution >= 4 is 27.7 Å². The maximum atomic E-state index is 4.64. The lowest BCUT2D eigenvalue weighted by atomic mass is 9.87. The Hall–Kier alpha value is -1.62. The summed E-state index contributed by atoms with van der Waals surface area (Å²) in [5.74, 6) is 1.65. The monoisotopic (exact) mass is 344 g/mol. The van der Waals surface area contributed by atoms with E-state index in [0.717, 1.165) is 29.3 Å². The fraction of sp³-hybridized carbons (Fsp3) is 0.375. The average molecular weight is 345 g/mol. The number of rotatable bonds is 2. The van der Waals surface area contributed by atoms with Gasteiger partial charge in [0.2, 0.25) is 5.95 Å². The molecule has 2 aromatic rings. The van der Waals surface area contributed by atoms with Crippen LogP contribution in [0, 0.1) is 0 Å². The van der Waals surface area contributed by atoms with Gasteiger partial charge in [-0.25, -0.2) is 4.98 Å². The SMILES string of the molecule is CNc1nc(N2Cc3ccccc3C3(CC3)C2)ncc1Br. The summed E-state index contributed by atoms with van der Waals surface area (Å²) in [5, 5.41) is 3.11. The van der Waals surface area contributed by atoms with Gasteiger partial charge in [-0.15, -0.1) is 0 Å². The molecule has 0 saturated heterocycles. The Kier molecular flexibility index (Phi) is 2.92. The van der Waals surface area contributed by atoms with Gasteiger partial charge in [0.05, 0.1) is 4.47 Å². The molecule has 1 N–H and O–H groups in total. The van der Waals surface area contributed by atoms with Gasteiger partial charge in [0.1, 0.15) is 5.82 Å². The van der Waals surface area contributed by atoms with Crippen molar-refractivity contribution in [2.45, 2.75) is 24.8 Å². The summed E-state index contributed by atoms with van der Waals surface area (Å²) in [6.45, 7) is 1.91. The minimum Gasteiger partial charge on any atom is -0.372 e. The Morgan fingerprint density at radius 2 is 2.10 bits per heavy atom. The standard InChI is InChI=1S/C16H17BrN4/c1-18-14-13(17)8-19-15(20-14)21-9-11-4-2-3-5-12(11)16(10-21)6-7-16/h2-5,8H,6-7,9-10H2,1H3,(H,18,19,20). The lowest BCUT2D eigenvalue weighted by molar-refractivity contribution is 0.582. The zero-order valence-electron chi connectivity index (χ0n) is 11.9. The van der Waals surface area contributed by atoms with Gasteiger partial charge < -0.3 is 10.2 Å². The quantitative estimate of drug-likeness (QED) is 0.907. The van der Waals surface area contributed by atoms with E-state index >= 15 is 0 Å². The fourth-order valence-electron chi connectivity index (χ4n) is 3.29. The van der Waals surface area contributed by atoms with Crippen molar-refractivity contribution in [3.05, 3.63) is 46.1 Å². The molecule has 21 heavy (non-hydrogen) atoms. The van der Waals surface area contributed by atoms with Crippen LogP contribution in [0.4, 0.5) is 11.8 Å². The topological polar surface area (TPSA) is 41.1 Å². The molecule has 2 heterocycles. The van der Waals surface area contributed by atoms with Crippen LogP contribution in [0.15, 0.2) is 34.9 Å². The second kappa shape index (κ2) is 4.70. The number of hydrogen-bond donors (Lipinski definition) is 1. The van der Waals surface area contributed by atoms with Gasteiger partial charge in [0, 0.05) is 31.7 Å². The second-order valence-corrected chi connectivity index (χ2v) is 6.76. The average Bonchev–Trinajstić information content (AvgIpc) is 3.28. The van der Waals surface area contributed by atoms with Gasteiger partial charge in [-0.3, -0.25) is 0 Å². The first-order chi connectivity index (χ1) is 10.2. The normalized spacial score (nSPS) is 18.5. The van der Waals surface area contributed by atoms with Crippen LogP contribution in [-0.4, -0.2) is 23.6 Å². The maximum absolute atomic E-state index is 4.64. The molecule has 108 valence electrons. The molecular weight excluding hydrogens is 328 g/mol. The zero-order chi connectivity index (χ0) is 14.4. The van der Waals surface area contributed by atoms with E-state index in [0.29, 0.717) is 5.41 Å². The predicted molar refractivity (Wildman–Crippen MR) is 87.7 cm³/mol. The van der Waals surface area contributed by atoms with Crippen LogP contribution in [0.3, 0.4) is 0 Å². The lowest BCUT2D eigenvalue weighted by Gasteiger charge is -2.35. The zero-order valence-corrected chi connectivity index (χ0v) is 13.5. The molecule has 0 amide bonds. The molecule has 0 unspecified atom stereocenters. The smallest absolute Gasteiger partial charge is 0.227 e. The summed E-state index contributed by atoms with van der Waals surface area (Å²) < 4.78 is 0.896. The van der Waals surface area contributed by atoms with Crippen LogP contribution in [0.2, 0.25) is 0 Å². The summed E-state index contributed by atoms with van der Waals surface area (Å²) in [6, 6.07) is 8.81. The fourth-order valence-corrected chi connectivity index (χ4v) is 3.68. The van der Waals surface area contributed by atoms with Crippen LogP contribution in [0.25, 0.3) is 0 Å². The number of halogens is 1. The molecule has 4 rings (SSSR count). The van der Waals surface area contributed by atoms with Crippen LogP contribution in [-0.2, 0) is 12.0 Å². The van der Waals surface area contributed by atoms with Crippen molar-refractivity contribution in [1.29, 1.82) is 0 Å². The molecule has 0 atom stereocenters. The third-order valence-corrected chi connectivity index (χ3v) is 5.13. The molecule has 1 aromatic carbocycles. The summed E-state index contributed by atoms with van der Waals surface area (Å²) in [5.41, 5.74) is 3.29. The highest BCUT2D eigenvalue weighted by molar-refractivity contribution is 9.10. The van der Waals surface area contributed by atoms with Crippen LogP contribution >= 0.6 is 15.9 Å². The van der Waals surface area contributed by atoms with E-state index in [2.05, 4.69) is 60.4 Å². The Balaban J connectivity index is 1.72. The number of hydrogen-bond acceptors (Lipinski definition) is 4. The summed E-state index contributed by atoms with van der Waals surface area (Å²) in [6.07, 6.45) is 4.38. The molecule has 2 aliphatic rings. The molecule has 4 nitrogen and oxygen atoms in total. The number of anilines is 2. The van der Waals surface area contributed by atoms with Crippen molar-refractivity contribution in [3.63, 3.8) is 0 Å². The number of benzene rings is 1. The third-order valence-electron chi connectivity index (χ3n) is 4.55. The van der Waals surface area contributed by atoms with Crippen molar-refractivity contribution in [2.75, 3.05) is 23.8 Å². The third kappa shape index (κ3) is 2.11. The largest absolute Gasteiger partial charge is 0.372 e. The van der Waals surface area contributed by atoms with Gasteiger partial charge in [0.15, 0.2) is 0 Å². The molecule has 1 aliphatic carbocycles. The van der Waals surface area contributed by atoms with Crippen LogP contribution in [0.1, 0.15) is 24.0 Å². The van der Waals surface area contributed by atoms with E-state index in [-0.39, 0.29) is 0 Å². The van der Waals surface area contributed by atoms with Gasteiger partial charge in [-0.1, -0.05) is 24.3 Å². The predicted octanol–water partition coefficient (Wildman–Crippen LogP) is 3.33. The van der Waals surface area contributed by atoms with Gasteiger partial charge >= 0.3 is 0 Å². The Bertz CT molecular complexity index is 696. The highest BCUT2D eigenvalue weighted by atomic mass is 79.9. The minimum atomic E-state index is 0.338. The van der Waals surface area contributed by atoms with Crippen LogP contribution < -0.4 is 10.2 Å². The molecule has 0 radical (unpaired) electrons. The van der Waals surface area contributed by atoms with Gasteiger partial charge in [0.25, 0.3) is 0 Å². The second-order valence-electron chi connectivity index (χ2n) is 5.91. The summed E-state index contributed by atoms with van der Waals surface area (Å²) in [4.78, 5) is 11.5. The summed E-state index contributed by atoms with van der Waals surface area (Å²) >= 11 is 3.47. The number of nitrogens with zero attached hydrogens (tertiary/aromatic N) is 3. The molecule has 5 heteroatoms. The highest BCUT2D eigenvalue weighted by Crippen LogP contribution is 2.52. The Morgan fingerprint density at radius 3 is 2.86 bits per heavy atom. The molecule has 0 bridgehead atoms. The van der Waals surface area contributed by atoms with Crippen molar-refractivity contribution < 1.29 is 0 Å². The molecular formula is C16H17BrN4. The van der Waals surface area contributed by atoms with Crippen molar-refractivity contribution in [3.8, 4) is 0 Å². The molecule has 1 spiro atoms. The van der Waals surface area contributed by atoms with E-state index in [9.17, 15) is 0 Å². The molecule has 1 aliphatic heterocycles. The van der Waals surface area contributed by atoms with E-state index in [4.69, 9.17) is 0 Å². The highest BCUT2D eigenvalue weighted by Gasteiger charge is 2.49. The van der Waals surface area contributed by atoms with E-state index in [1.807, 2.05) is 13.2 Å². The molecule has 1 fully saturated rings. The number of aromatic nitrogens is 2. The van der Waals surface area contributed by atoms with Gasteiger partial charge in [-0.05, 0) is 39.9 Å². The first-order valence-corrected chi connectivity index (χ1v) is 8.05. The maximum Gasteiger partial charge on any atom is 0.227 e. The number of nitrogens with one attached hydrogen (secondary N) is 1. The van der Waals surface area contributed by atoms with Crippen molar-refractivity contribution in [1.82, 2.24) is 9.97 Å². The first-order valence-electron chi connectivity index (χ1n) is 7.25. The van der Waals surface area contributed by atoms with E-state index < -0.39 is 0 Å². The van der Waals surface area contributed by atoms with E-state index in [1.165, 1.54) is 24.0 Å². The van der Waals surface area contributed by atoms with Crippen molar-refractivity contribution in [2.24, 2.45) is 0 Å². The molecule has 1 saturated carbocycles. The number of fused-ring (bicyclic) bond motifs is 2.